The van der Waals surface area contributed by atoms with Gasteiger partial charge in [0, 0.05) is 39.1 Å². The molecule has 0 unspecified atom stereocenters. The molecule has 0 bridgehead atoms. The molecule has 2 fully saturated rings. The lowest BCUT2D eigenvalue weighted by molar-refractivity contribution is -0.129. The molecular weight excluding hydrogens is 322 g/mol. The van der Waals surface area contributed by atoms with Crippen molar-refractivity contribution in [2.75, 3.05) is 33.7 Å². The number of nitrogens with zero attached hydrogens (tertiary/aromatic N) is 2. The van der Waals surface area contributed by atoms with Crippen LogP contribution in [0, 0.1) is 0 Å². The van der Waals surface area contributed by atoms with Crippen molar-refractivity contribution in [3.05, 3.63) is 42.0 Å². The Morgan fingerprint density at radius 2 is 1.73 bits per heavy atom. The van der Waals surface area contributed by atoms with Crippen LogP contribution in [0.1, 0.15) is 44.6 Å². The van der Waals surface area contributed by atoms with Crippen molar-refractivity contribution in [1.82, 2.24) is 15.1 Å². The molecule has 1 aliphatic heterocycles. The van der Waals surface area contributed by atoms with E-state index in [4.69, 9.17) is 0 Å². The second-order valence-electron chi connectivity index (χ2n) is 7.51. The number of piperidine rings is 1. The summed E-state index contributed by atoms with van der Waals surface area (Å²) >= 11 is 0. The summed E-state index contributed by atoms with van der Waals surface area (Å²) < 4.78 is 0. The molecule has 0 spiro atoms. The van der Waals surface area contributed by atoms with Gasteiger partial charge in [-0.3, -0.25) is 4.79 Å². The molecule has 144 valence electrons. The van der Waals surface area contributed by atoms with Gasteiger partial charge in [0.15, 0.2) is 0 Å². The van der Waals surface area contributed by atoms with Gasteiger partial charge in [-0.25, -0.2) is 0 Å². The van der Waals surface area contributed by atoms with Crippen molar-refractivity contribution in [2.24, 2.45) is 0 Å². The van der Waals surface area contributed by atoms with Gasteiger partial charge >= 0.3 is 0 Å². The van der Waals surface area contributed by atoms with Crippen LogP contribution in [0.5, 0.6) is 0 Å². The number of rotatable bonds is 6. The molecule has 2 aliphatic rings. The summed E-state index contributed by atoms with van der Waals surface area (Å²) in [5, 5.41) is 3.69. The van der Waals surface area contributed by atoms with Crippen molar-refractivity contribution in [3.63, 3.8) is 0 Å². The molecule has 3 rings (SSSR count). The van der Waals surface area contributed by atoms with Gasteiger partial charge in [-0.2, -0.15) is 0 Å². The minimum absolute atomic E-state index is 0.239. The number of likely N-dealkylation sites (tertiary alicyclic amines) is 1. The molecule has 1 aromatic rings. The average Bonchev–Trinajstić information content (AvgIpc) is 3.46. The highest BCUT2D eigenvalue weighted by atomic mass is 16.2. The molecule has 1 saturated carbocycles. The van der Waals surface area contributed by atoms with Crippen LogP contribution in [0.15, 0.2) is 36.4 Å². The van der Waals surface area contributed by atoms with Crippen LogP contribution in [0.3, 0.4) is 0 Å². The lowest BCUT2D eigenvalue weighted by Gasteiger charge is -2.32. The average molecular weight is 358 g/mol. The summed E-state index contributed by atoms with van der Waals surface area (Å²) in [6.07, 6.45) is 10.0. The van der Waals surface area contributed by atoms with Gasteiger partial charge in [0.25, 0.3) is 0 Å². The van der Waals surface area contributed by atoms with Gasteiger partial charge in [0.2, 0.25) is 5.91 Å². The third-order valence-electron chi connectivity index (χ3n) is 4.94. The molecule has 1 saturated heterocycles. The summed E-state index contributed by atoms with van der Waals surface area (Å²) in [5.74, 6) is 0.239. The summed E-state index contributed by atoms with van der Waals surface area (Å²) in [4.78, 5) is 15.6. The van der Waals surface area contributed by atoms with Gasteiger partial charge in [0.05, 0.1) is 0 Å². The number of hydrogen-bond acceptors (Lipinski definition) is 3. The Kier molecular flexibility index (Phi) is 8.86. The molecule has 0 atom stereocenters. The van der Waals surface area contributed by atoms with E-state index in [2.05, 4.69) is 28.4 Å². The zero-order chi connectivity index (χ0) is 18.8. The van der Waals surface area contributed by atoms with Crippen LogP contribution in [0.25, 0.3) is 6.08 Å². The smallest absolute Gasteiger partial charge is 0.223 e. The Bertz CT molecular complexity index is 544. The lowest BCUT2D eigenvalue weighted by Crippen LogP contribution is -2.44. The molecule has 1 amide bonds. The van der Waals surface area contributed by atoms with Crippen molar-refractivity contribution in [3.8, 4) is 0 Å². The van der Waals surface area contributed by atoms with E-state index in [9.17, 15) is 4.79 Å². The molecule has 1 heterocycles. The molecule has 4 heteroatoms. The molecular formula is C22H35N3O. The van der Waals surface area contributed by atoms with Crippen LogP contribution >= 0.6 is 0 Å². The monoisotopic (exact) mass is 357 g/mol. The molecule has 0 radical (unpaired) electrons. The van der Waals surface area contributed by atoms with Crippen LogP contribution < -0.4 is 5.32 Å². The maximum Gasteiger partial charge on any atom is 0.223 e. The van der Waals surface area contributed by atoms with E-state index >= 15 is 0 Å². The third kappa shape index (κ3) is 8.15. The third-order valence-corrected chi connectivity index (χ3v) is 4.94. The highest BCUT2D eigenvalue weighted by Gasteiger charge is 2.27. The number of carbonyl (C=O) groups excluding carboxylic acids is 1. The Morgan fingerprint density at radius 1 is 1.12 bits per heavy atom. The van der Waals surface area contributed by atoms with Crippen LogP contribution in [-0.4, -0.2) is 61.5 Å². The van der Waals surface area contributed by atoms with E-state index in [1.165, 1.54) is 31.2 Å². The number of amides is 1. The first-order valence-electron chi connectivity index (χ1n) is 9.94. The van der Waals surface area contributed by atoms with Gasteiger partial charge in [0.1, 0.15) is 0 Å². The van der Waals surface area contributed by atoms with Crippen LogP contribution in [0.2, 0.25) is 0 Å². The standard InChI is InChI=1S/C13H25N3O.C9H10/c1-15(2)13(17)7-10-16-8-5-12(6-9-16)14-11-3-4-11;1-2-6-9-7-4-3-5-8-9/h11-12,14H,3-10H2,1-2H3;2-8H,1H3/b;6-2-. The number of allylic oxidation sites excluding steroid dienone is 1. The number of hydrogen-bond donors (Lipinski definition) is 1. The van der Waals surface area contributed by atoms with Crippen molar-refractivity contribution < 1.29 is 4.79 Å². The van der Waals surface area contributed by atoms with Crippen molar-refractivity contribution >= 4 is 12.0 Å². The number of carbonyl (C=O) groups is 1. The minimum Gasteiger partial charge on any atom is -0.349 e. The molecule has 1 aliphatic carbocycles. The number of nitrogens with one attached hydrogen (secondary N) is 1. The summed E-state index contributed by atoms with van der Waals surface area (Å²) in [7, 11) is 3.66. The first-order valence-corrected chi connectivity index (χ1v) is 9.94. The predicted molar refractivity (Wildman–Crippen MR) is 110 cm³/mol. The van der Waals surface area contributed by atoms with Crippen LogP contribution in [-0.2, 0) is 4.79 Å². The first kappa shape index (κ1) is 20.7. The lowest BCUT2D eigenvalue weighted by atomic mass is 10.0. The normalized spacial score (nSPS) is 18.4. The highest BCUT2D eigenvalue weighted by Crippen LogP contribution is 2.22. The van der Waals surface area contributed by atoms with Gasteiger partial charge in [-0.05, 0) is 51.3 Å². The van der Waals surface area contributed by atoms with Crippen molar-refractivity contribution in [1.29, 1.82) is 0 Å². The fourth-order valence-electron chi connectivity index (χ4n) is 3.14. The second kappa shape index (κ2) is 11.1. The fraction of sp³-hybridized carbons (Fsp3) is 0.591. The Hall–Kier alpha value is -1.65. The first-order chi connectivity index (χ1) is 12.6. The Morgan fingerprint density at radius 3 is 2.27 bits per heavy atom. The SMILES string of the molecule is C/C=C\c1ccccc1.CN(C)C(=O)CCN1CCC(NC2CC2)CC1. The van der Waals surface area contributed by atoms with Gasteiger partial charge < -0.3 is 15.1 Å². The molecule has 1 aromatic carbocycles. The summed E-state index contributed by atoms with van der Waals surface area (Å²) in [5.41, 5.74) is 1.26. The second-order valence-corrected chi connectivity index (χ2v) is 7.51. The molecule has 1 N–H and O–H groups in total. The fourth-order valence-corrected chi connectivity index (χ4v) is 3.14. The van der Waals surface area contributed by atoms with Gasteiger partial charge in [-0.1, -0.05) is 42.5 Å². The zero-order valence-electron chi connectivity index (χ0n) is 16.7. The van der Waals surface area contributed by atoms with E-state index in [1.807, 2.05) is 45.3 Å². The van der Waals surface area contributed by atoms with Crippen LogP contribution in [0.4, 0.5) is 0 Å². The Balaban J connectivity index is 0.000000228. The predicted octanol–water partition coefficient (Wildman–Crippen LogP) is 3.40. The van der Waals surface area contributed by atoms with E-state index in [1.54, 1.807) is 4.90 Å². The maximum atomic E-state index is 11.5. The molecule has 26 heavy (non-hydrogen) atoms. The topological polar surface area (TPSA) is 35.6 Å². The van der Waals surface area contributed by atoms with E-state index in [-0.39, 0.29) is 5.91 Å². The zero-order valence-corrected chi connectivity index (χ0v) is 16.7. The molecule has 4 nitrogen and oxygen atoms in total. The van der Waals surface area contributed by atoms with Gasteiger partial charge in [-0.15, -0.1) is 0 Å². The minimum atomic E-state index is 0.239. The highest BCUT2D eigenvalue weighted by molar-refractivity contribution is 5.75. The van der Waals surface area contributed by atoms with E-state index < -0.39 is 0 Å². The maximum absolute atomic E-state index is 11.5. The Labute approximate surface area is 159 Å². The summed E-state index contributed by atoms with van der Waals surface area (Å²) in [6.45, 7) is 5.23. The van der Waals surface area contributed by atoms with Crippen molar-refractivity contribution in [2.45, 2.75) is 51.1 Å². The summed E-state index contributed by atoms with van der Waals surface area (Å²) in [6, 6.07) is 11.8. The molecule has 0 aromatic heterocycles. The number of benzene rings is 1. The largest absolute Gasteiger partial charge is 0.349 e. The quantitative estimate of drug-likeness (QED) is 0.847. The van der Waals surface area contributed by atoms with E-state index in [0.717, 1.165) is 31.7 Å². The van der Waals surface area contributed by atoms with E-state index in [0.29, 0.717) is 6.42 Å².